The van der Waals surface area contributed by atoms with E-state index in [1.807, 2.05) is 31.3 Å². The largest absolute Gasteiger partial charge is 0.388 e. The van der Waals surface area contributed by atoms with Crippen LogP contribution in [0.4, 0.5) is 5.69 Å². The van der Waals surface area contributed by atoms with Crippen LogP contribution in [-0.2, 0) is 13.6 Å². The molecule has 0 atom stereocenters. The lowest BCUT2D eigenvalue weighted by molar-refractivity contribution is 0.0827. The van der Waals surface area contributed by atoms with Crippen LogP contribution in [0.25, 0.3) is 22.3 Å². The molecule has 0 unspecified atom stereocenters. The number of carbonyl (C=O) groups is 1. The van der Waals surface area contributed by atoms with Crippen molar-refractivity contribution in [2.75, 3.05) is 39.5 Å². The maximum Gasteiger partial charge on any atom is 0.257 e. The van der Waals surface area contributed by atoms with Gasteiger partial charge in [0.05, 0.1) is 5.69 Å². The summed E-state index contributed by atoms with van der Waals surface area (Å²) in [5.41, 5.74) is 6.23. The number of nitrogens with one attached hydrogen (secondary N) is 1. The van der Waals surface area contributed by atoms with Crippen molar-refractivity contribution in [2.24, 2.45) is 7.05 Å². The van der Waals surface area contributed by atoms with E-state index >= 15 is 0 Å². The van der Waals surface area contributed by atoms with Crippen LogP contribution in [0.5, 0.6) is 0 Å². The maximum atomic E-state index is 12.8. The predicted octanol–water partition coefficient (Wildman–Crippen LogP) is 4.41. The second-order valence-electron chi connectivity index (χ2n) is 9.74. The molecule has 1 amide bonds. The Morgan fingerprint density at radius 3 is 2.63 bits per heavy atom. The zero-order chi connectivity index (χ0) is 27.0. The van der Waals surface area contributed by atoms with E-state index in [1.54, 1.807) is 55.1 Å². The molecule has 1 aliphatic rings. The molecule has 0 bridgehead atoms. The number of aromatic nitrogens is 3. The Morgan fingerprint density at radius 2 is 1.97 bits per heavy atom. The highest BCUT2D eigenvalue weighted by atomic mass is 35.5. The van der Waals surface area contributed by atoms with Crippen LogP contribution in [0.3, 0.4) is 0 Å². The second-order valence-corrected chi connectivity index (χ2v) is 10.2. The molecule has 5 rings (SSSR count). The molecule has 8 nitrogen and oxygen atoms in total. The van der Waals surface area contributed by atoms with E-state index in [0.717, 1.165) is 59.7 Å². The third-order valence-corrected chi connectivity index (χ3v) is 7.43. The van der Waals surface area contributed by atoms with Crippen molar-refractivity contribution in [3.05, 3.63) is 93.1 Å². The van der Waals surface area contributed by atoms with Crippen molar-refractivity contribution in [1.82, 2.24) is 23.9 Å². The van der Waals surface area contributed by atoms with Crippen molar-refractivity contribution in [3.63, 3.8) is 0 Å². The van der Waals surface area contributed by atoms with Gasteiger partial charge in [0.15, 0.2) is 0 Å². The summed E-state index contributed by atoms with van der Waals surface area (Å²) in [6.45, 7) is 2.43. The number of carbonyl (C=O) groups excluding carboxylic acids is 1. The molecule has 1 N–H and O–H groups in total. The lowest BCUT2D eigenvalue weighted by atomic mass is 9.98. The highest BCUT2D eigenvalue weighted by molar-refractivity contribution is 6.32. The van der Waals surface area contributed by atoms with Gasteiger partial charge in [0.2, 0.25) is 0 Å². The average molecular weight is 531 g/mol. The molecule has 38 heavy (non-hydrogen) atoms. The van der Waals surface area contributed by atoms with Gasteiger partial charge in [0.25, 0.3) is 11.5 Å². The number of hydrogen-bond donors (Lipinski definition) is 1. The molecule has 1 aromatic carbocycles. The lowest BCUT2D eigenvalue weighted by Gasteiger charge is -2.27. The molecule has 1 aliphatic heterocycles. The smallest absolute Gasteiger partial charge is 0.257 e. The number of benzene rings is 1. The second kappa shape index (κ2) is 10.5. The average Bonchev–Trinajstić information content (AvgIpc) is 3.23. The highest BCUT2D eigenvalue weighted by Gasteiger charge is 2.19. The number of amides is 1. The summed E-state index contributed by atoms with van der Waals surface area (Å²) in [7, 11) is 7.28. The molecule has 3 aromatic heterocycles. The van der Waals surface area contributed by atoms with Gasteiger partial charge in [-0.2, -0.15) is 0 Å². The Bertz CT molecular complexity index is 1620. The van der Waals surface area contributed by atoms with Gasteiger partial charge in [-0.25, -0.2) is 4.98 Å². The monoisotopic (exact) mass is 530 g/mol. The van der Waals surface area contributed by atoms with E-state index in [2.05, 4.69) is 31.9 Å². The number of anilines is 1. The van der Waals surface area contributed by atoms with E-state index < -0.39 is 0 Å². The first-order chi connectivity index (χ1) is 18.3. The SMILES string of the molecule is CNc1ccn(-c2ccnc3c2cc(CN2CC=C(c4ccc(C(=O)N(C)C)cc4Cl)CC2)n3C)c(=O)c1. The lowest BCUT2D eigenvalue weighted by Crippen LogP contribution is -2.28. The van der Waals surface area contributed by atoms with Gasteiger partial charge in [-0.3, -0.25) is 19.1 Å². The molecule has 0 saturated carbocycles. The Kier molecular flexibility index (Phi) is 7.10. The predicted molar refractivity (Wildman–Crippen MR) is 153 cm³/mol. The van der Waals surface area contributed by atoms with Gasteiger partial charge in [-0.05, 0) is 47.9 Å². The summed E-state index contributed by atoms with van der Waals surface area (Å²) in [4.78, 5) is 33.5. The number of pyridine rings is 2. The Labute approximate surface area is 226 Å². The van der Waals surface area contributed by atoms with Crippen LogP contribution in [0.15, 0.2) is 65.7 Å². The summed E-state index contributed by atoms with van der Waals surface area (Å²) in [5, 5.41) is 4.55. The van der Waals surface area contributed by atoms with Crippen LogP contribution in [0, 0.1) is 0 Å². The molecule has 0 radical (unpaired) electrons. The van der Waals surface area contributed by atoms with Crippen LogP contribution < -0.4 is 10.9 Å². The quantitative estimate of drug-likeness (QED) is 0.399. The van der Waals surface area contributed by atoms with Crippen LogP contribution in [0.2, 0.25) is 5.02 Å². The van der Waals surface area contributed by atoms with Crippen LogP contribution >= 0.6 is 11.6 Å². The molecule has 4 heterocycles. The minimum absolute atomic E-state index is 0.0605. The Hall–Kier alpha value is -3.88. The van der Waals surface area contributed by atoms with E-state index in [0.29, 0.717) is 10.6 Å². The number of aryl methyl sites for hydroxylation is 1. The molecule has 4 aromatic rings. The summed E-state index contributed by atoms with van der Waals surface area (Å²) in [6.07, 6.45) is 6.62. The first-order valence-electron chi connectivity index (χ1n) is 12.5. The minimum atomic E-state index is -0.0961. The normalized spacial score (nSPS) is 14.0. The van der Waals surface area contributed by atoms with Crippen molar-refractivity contribution in [1.29, 1.82) is 0 Å². The van der Waals surface area contributed by atoms with Gasteiger partial charge in [0.1, 0.15) is 5.65 Å². The van der Waals surface area contributed by atoms with Gasteiger partial charge in [-0.1, -0.05) is 23.7 Å². The molecule has 9 heteroatoms. The Balaban J connectivity index is 1.36. The first-order valence-corrected chi connectivity index (χ1v) is 12.9. The molecular formula is C29H31ClN6O2. The van der Waals surface area contributed by atoms with Crippen molar-refractivity contribution in [2.45, 2.75) is 13.0 Å². The zero-order valence-corrected chi connectivity index (χ0v) is 22.8. The van der Waals surface area contributed by atoms with Gasteiger partial charge in [0, 0.05) is 93.6 Å². The van der Waals surface area contributed by atoms with Crippen molar-refractivity contribution < 1.29 is 4.79 Å². The van der Waals surface area contributed by atoms with E-state index in [9.17, 15) is 9.59 Å². The molecular weight excluding hydrogens is 500 g/mol. The molecule has 0 fully saturated rings. The first kappa shape index (κ1) is 25.8. The fraction of sp³-hybridized carbons (Fsp3) is 0.276. The van der Waals surface area contributed by atoms with Crippen molar-refractivity contribution >= 4 is 39.8 Å². The number of hydrogen-bond acceptors (Lipinski definition) is 5. The van der Waals surface area contributed by atoms with Gasteiger partial charge < -0.3 is 14.8 Å². The maximum absolute atomic E-state index is 12.8. The van der Waals surface area contributed by atoms with E-state index in [-0.39, 0.29) is 11.5 Å². The van der Waals surface area contributed by atoms with Gasteiger partial charge in [-0.15, -0.1) is 0 Å². The highest BCUT2D eigenvalue weighted by Crippen LogP contribution is 2.31. The fourth-order valence-corrected chi connectivity index (χ4v) is 5.25. The summed E-state index contributed by atoms with van der Waals surface area (Å²) in [5.74, 6) is -0.0605. The fourth-order valence-electron chi connectivity index (χ4n) is 4.95. The topological polar surface area (TPSA) is 75.4 Å². The Morgan fingerprint density at radius 1 is 1.16 bits per heavy atom. The molecule has 0 spiro atoms. The van der Waals surface area contributed by atoms with Gasteiger partial charge >= 0.3 is 0 Å². The number of fused-ring (bicyclic) bond motifs is 1. The van der Waals surface area contributed by atoms with Crippen molar-refractivity contribution in [3.8, 4) is 5.69 Å². The summed E-state index contributed by atoms with van der Waals surface area (Å²) in [6, 6.07) is 13.0. The zero-order valence-electron chi connectivity index (χ0n) is 22.0. The molecule has 196 valence electrons. The summed E-state index contributed by atoms with van der Waals surface area (Å²) < 4.78 is 3.76. The minimum Gasteiger partial charge on any atom is -0.388 e. The van der Waals surface area contributed by atoms with Crippen LogP contribution in [-0.4, -0.2) is 64.1 Å². The third-order valence-electron chi connectivity index (χ3n) is 7.12. The number of nitrogens with zero attached hydrogens (tertiary/aromatic N) is 5. The number of halogens is 1. The number of rotatable bonds is 6. The van der Waals surface area contributed by atoms with Crippen LogP contribution in [0.1, 0.15) is 28.0 Å². The molecule has 0 saturated heterocycles. The third kappa shape index (κ3) is 4.85. The van der Waals surface area contributed by atoms with E-state index in [1.165, 1.54) is 5.57 Å². The standard InChI is InChI=1S/C29H31ClN6O2/c1-31-21-10-14-36(27(37)16-21)26-7-11-32-28-24(26)17-22(34(28)4)18-35-12-8-19(9-13-35)23-6-5-20(15-25(23)30)29(38)33(2)3/h5-8,10-11,14-17,31H,9,12-13,18H2,1-4H3. The molecule has 0 aliphatic carbocycles. The van der Waals surface area contributed by atoms with E-state index in [4.69, 9.17) is 11.6 Å². The summed E-state index contributed by atoms with van der Waals surface area (Å²) >= 11 is 6.57.